The quantitative estimate of drug-likeness (QED) is 0.256. The summed E-state index contributed by atoms with van der Waals surface area (Å²) in [5.74, 6) is -0.561. The van der Waals surface area contributed by atoms with Gasteiger partial charge in [0.25, 0.3) is 5.69 Å². The van der Waals surface area contributed by atoms with Crippen LogP contribution >= 0.6 is 19.3 Å². The lowest BCUT2D eigenvalue weighted by Crippen LogP contribution is -2.36. The zero-order valence-electron chi connectivity index (χ0n) is 15.9. The second-order valence-electron chi connectivity index (χ2n) is 6.20. The zero-order chi connectivity index (χ0) is 21.6. The summed E-state index contributed by atoms with van der Waals surface area (Å²) >= 11 is 6.02. The predicted molar refractivity (Wildman–Crippen MR) is 107 cm³/mol. The first-order valence-corrected chi connectivity index (χ1v) is 10.5. The Bertz CT molecular complexity index is 924. The average Bonchev–Trinajstić information content (AvgIpc) is 2.63. The highest BCUT2D eigenvalue weighted by Gasteiger charge is 2.34. The highest BCUT2D eigenvalue weighted by atomic mass is 35.5. The molecule has 0 unspecified atom stereocenters. The number of rotatable bonds is 9. The molecule has 0 heterocycles. The summed E-state index contributed by atoms with van der Waals surface area (Å²) in [6.45, 7) is 4.79. The molecule has 0 saturated heterocycles. The Morgan fingerprint density at radius 3 is 2.34 bits per heavy atom. The number of nitro groups is 1. The molecule has 0 aliphatic rings. The SMILES string of the molecule is CC(C)OC(=O)[C@H](C)N[P@](=O)(Oc1ccccc1)Oc1ccc([N+](=O)[O-])cc1Cl. The van der Waals surface area contributed by atoms with Crippen molar-refractivity contribution in [3.63, 3.8) is 0 Å². The number of hydrogen-bond acceptors (Lipinski definition) is 7. The van der Waals surface area contributed by atoms with Crippen LogP contribution in [-0.2, 0) is 14.1 Å². The molecule has 2 atom stereocenters. The Kier molecular flexibility index (Phi) is 7.61. The third kappa shape index (κ3) is 6.74. The molecule has 156 valence electrons. The topological polar surface area (TPSA) is 117 Å². The molecule has 9 nitrogen and oxygen atoms in total. The molecule has 0 saturated carbocycles. The lowest BCUT2D eigenvalue weighted by molar-refractivity contribution is -0.384. The standard InChI is InChI=1S/C18H20ClN2O7P/c1-12(2)26-18(22)13(3)20-29(25,27-15-7-5-4-6-8-15)28-17-10-9-14(21(23)24)11-16(17)19/h4-13H,1-3H3,(H,20,25)/t13-,29-/m0/s1. The van der Waals surface area contributed by atoms with Crippen molar-refractivity contribution in [3.05, 3.63) is 63.7 Å². The normalized spacial score (nSPS) is 14.0. The van der Waals surface area contributed by atoms with Crippen LogP contribution in [0.4, 0.5) is 5.69 Å². The van der Waals surface area contributed by atoms with Gasteiger partial charge in [0.05, 0.1) is 16.0 Å². The molecule has 2 aromatic carbocycles. The van der Waals surface area contributed by atoms with Gasteiger partial charge in [-0.1, -0.05) is 29.8 Å². The van der Waals surface area contributed by atoms with Crippen molar-refractivity contribution >= 4 is 31.0 Å². The first kappa shape index (κ1) is 22.7. The van der Waals surface area contributed by atoms with Crippen LogP contribution < -0.4 is 14.1 Å². The largest absolute Gasteiger partial charge is 0.513 e. The summed E-state index contributed by atoms with van der Waals surface area (Å²) in [6, 6.07) is 10.5. The Labute approximate surface area is 172 Å². The molecule has 0 fully saturated rings. The van der Waals surface area contributed by atoms with E-state index in [4.69, 9.17) is 25.4 Å². The van der Waals surface area contributed by atoms with Gasteiger partial charge in [0, 0.05) is 12.1 Å². The van der Waals surface area contributed by atoms with Crippen molar-refractivity contribution in [3.8, 4) is 11.5 Å². The van der Waals surface area contributed by atoms with E-state index in [1.165, 1.54) is 13.0 Å². The molecule has 0 aliphatic carbocycles. The van der Waals surface area contributed by atoms with E-state index < -0.39 is 24.7 Å². The third-order valence-corrected chi connectivity index (χ3v) is 5.26. The summed E-state index contributed by atoms with van der Waals surface area (Å²) in [5.41, 5.74) is -0.261. The first-order chi connectivity index (χ1) is 13.6. The lowest BCUT2D eigenvalue weighted by Gasteiger charge is -2.23. The minimum absolute atomic E-state index is 0.117. The van der Waals surface area contributed by atoms with Crippen molar-refractivity contribution in [1.29, 1.82) is 0 Å². The molecule has 0 aromatic heterocycles. The number of hydrogen-bond donors (Lipinski definition) is 1. The van der Waals surface area contributed by atoms with Gasteiger partial charge in [0.15, 0.2) is 5.75 Å². The van der Waals surface area contributed by atoms with Gasteiger partial charge < -0.3 is 13.8 Å². The van der Waals surface area contributed by atoms with Gasteiger partial charge in [-0.3, -0.25) is 14.9 Å². The van der Waals surface area contributed by atoms with E-state index in [9.17, 15) is 19.5 Å². The Morgan fingerprint density at radius 2 is 1.79 bits per heavy atom. The molecule has 2 aromatic rings. The number of esters is 1. The molecule has 0 spiro atoms. The van der Waals surface area contributed by atoms with Crippen LogP contribution in [0.3, 0.4) is 0 Å². The molecule has 1 N–H and O–H groups in total. The number of halogens is 1. The number of benzene rings is 2. The minimum atomic E-state index is -4.19. The summed E-state index contributed by atoms with van der Waals surface area (Å²) in [5, 5.41) is 13.2. The molecule has 2 rings (SSSR count). The van der Waals surface area contributed by atoms with Crippen molar-refractivity contribution in [1.82, 2.24) is 5.09 Å². The van der Waals surface area contributed by atoms with E-state index in [0.29, 0.717) is 0 Å². The first-order valence-electron chi connectivity index (χ1n) is 8.56. The van der Waals surface area contributed by atoms with E-state index in [1.807, 2.05) is 0 Å². The molecule has 11 heteroatoms. The highest BCUT2D eigenvalue weighted by Crippen LogP contribution is 2.47. The van der Waals surface area contributed by atoms with Gasteiger partial charge >= 0.3 is 13.7 Å². The Balaban J connectivity index is 2.30. The van der Waals surface area contributed by atoms with Gasteiger partial charge in [-0.15, -0.1) is 0 Å². The number of para-hydroxylation sites is 1. The van der Waals surface area contributed by atoms with Crippen LogP contribution in [0.25, 0.3) is 0 Å². The van der Waals surface area contributed by atoms with E-state index in [-0.39, 0.29) is 28.3 Å². The number of non-ortho nitro benzene ring substituents is 1. The third-order valence-electron chi connectivity index (χ3n) is 3.37. The Hall–Kier alpha value is -2.61. The smallest absolute Gasteiger partial charge is 0.462 e. The fourth-order valence-electron chi connectivity index (χ4n) is 2.12. The summed E-state index contributed by atoms with van der Waals surface area (Å²) < 4.78 is 29.4. The number of nitrogens with one attached hydrogen (secondary N) is 1. The Morgan fingerprint density at radius 1 is 1.14 bits per heavy atom. The molecule has 0 bridgehead atoms. The number of carbonyl (C=O) groups excluding carboxylic acids is 1. The van der Waals surface area contributed by atoms with Gasteiger partial charge in [0.2, 0.25) is 0 Å². The van der Waals surface area contributed by atoms with Crippen LogP contribution in [0.2, 0.25) is 5.02 Å². The number of ether oxygens (including phenoxy) is 1. The molecular formula is C18H20ClN2O7P. The van der Waals surface area contributed by atoms with Crippen molar-refractivity contribution in [2.45, 2.75) is 32.9 Å². The molecular weight excluding hydrogens is 423 g/mol. The monoisotopic (exact) mass is 442 g/mol. The van der Waals surface area contributed by atoms with Gasteiger partial charge in [-0.2, -0.15) is 5.09 Å². The molecule has 0 aliphatic heterocycles. The predicted octanol–water partition coefficient (Wildman–Crippen LogP) is 4.74. The second kappa shape index (κ2) is 9.73. The van der Waals surface area contributed by atoms with Crippen LogP contribution in [0, 0.1) is 10.1 Å². The van der Waals surface area contributed by atoms with Crippen molar-refractivity contribution in [2.24, 2.45) is 0 Å². The number of nitro benzene ring substituents is 1. The average molecular weight is 443 g/mol. The molecule has 0 amide bonds. The van der Waals surface area contributed by atoms with Gasteiger partial charge in [0.1, 0.15) is 11.8 Å². The summed E-state index contributed by atoms with van der Waals surface area (Å²) in [6.07, 6.45) is -0.369. The van der Waals surface area contributed by atoms with Crippen LogP contribution in [0.15, 0.2) is 48.5 Å². The van der Waals surface area contributed by atoms with Crippen molar-refractivity contribution < 1.29 is 28.1 Å². The van der Waals surface area contributed by atoms with Gasteiger partial charge in [-0.25, -0.2) is 4.57 Å². The molecule has 0 radical (unpaired) electrons. The van der Waals surface area contributed by atoms with E-state index in [1.54, 1.807) is 44.2 Å². The molecule has 29 heavy (non-hydrogen) atoms. The maximum Gasteiger partial charge on any atom is 0.513 e. The maximum atomic E-state index is 13.4. The van der Waals surface area contributed by atoms with Crippen LogP contribution in [0.1, 0.15) is 20.8 Å². The second-order valence-corrected chi connectivity index (χ2v) is 8.23. The maximum absolute atomic E-state index is 13.4. The lowest BCUT2D eigenvalue weighted by atomic mass is 10.3. The zero-order valence-corrected chi connectivity index (χ0v) is 17.6. The summed E-state index contributed by atoms with van der Waals surface area (Å²) in [7, 11) is -4.19. The van der Waals surface area contributed by atoms with Crippen LogP contribution in [0.5, 0.6) is 11.5 Å². The highest BCUT2D eigenvalue weighted by molar-refractivity contribution is 7.52. The van der Waals surface area contributed by atoms with E-state index in [2.05, 4.69) is 5.09 Å². The van der Waals surface area contributed by atoms with E-state index in [0.717, 1.165) is 12.1 Å². The number of nitrogens with zero attached hydrogens (tertiary/aromatic N) is 1. The van der Waals surface area contributed by atoms with Gasteiger partial charge in [-0.05, 0) is 39.0 Å². The fourth-order valence-corrected chi connectivity index (χ4v) is 3.93. The fraction of sp³-hybridized carbons (Fsp3) is 0.278. The number of carbonyl (C=O) groups is 1. The summed E-state index contributed by atoms with van der Waals surface area (Å²) in [4.78, 5) is 22.3. The van der Waals surface area contributed by atoms with Crippen LogP contribution in [-0.4, -0.2) is 23.0 Å². The minimum Gasteiger partial charge on any atom is -0.462 e. The van der Waals surface area contributed by atoms with E-state index >= 15 is 0 Å². The van der Waals surface area contributed by atoms with Crippen molar-refractivity contribution in [2.75, 3.05) is 0 Å².